The van der Waals surface area contributed by atoms with Crippen LogP contribution in [0.3, 0.4) is 0 Å². The second-order valence-electron chi connectivity index (χ2n) is 1.99. The average Bonchev–Trinajstić information content (AvgIpc) is 1.89. The highest BCUT2D eigenvalue weighted by Crippen LogP contribution is 1.88. The van der Waals surface area contributed by atoms with Crippen molar-refractivity contribution in [1.29, 1.82) is 0 Å². The lowest BCUT2D eigenvalue weighted by atomic mass is 10.3. The number of hydrogen-bond acceptors (Lipinski definition) is 3. The summed E-state index contributed by atoms with van der Waals surface area (Å²) in [6.07, 6.45) is 1.09. The number of rotatable bonds is 3. The highest BCUT2D eigenvalue weighted by atomic mass is 16.5. The molecular weight excluding hydrogens is 132 g/mol. The molecule has 64 valence electrons. The van der Waals surface area contributed by atoms with E-state index in [1.54, 1.807) is 0 Å². The molecule has 0 saturated heterocycles. The van der Waals surface area contributed by atoms with Crippen LogP contribution < -0.4 is 0 Å². The van der Waals surface area contributed by atoms with Crippen LogP contribution in [-0.2, 0) is 0 Å². The quantitative estimate of drug-likeness (QED) is 0.513. The summed E-state index contributed by atoms with van der Waals surface area (Å²) < 4.78 is 0. The normalized spacial score (nSPS) is 9.00. The largest absolute Gasteiger partial charge is 0.396 e. The standard InChI is InChI=1S/C4H10O2.C3H8O/c1-2-3-4(5)6;1-2-3-4/h4-6H,2-3H2,1H3;4H,2-3H2,1H3. The summed E-state index contributed by atoms with van der Waals surface area (Å²) in [5.74, 6) is 0. The molecule has 0 unspecified atom stereocenters. The van der Waals surface area contributed by atoms with Gasteiger partial charge in [-0.3, -0.25) is 0 Å². The fourth-order valence-electron chi connectivity index (χ4n) is 0.258. The minimum atomic E-state index is -1.10. The lowest BCUT2D eigenvalue weighted by molar-refractivity contribution is -0.0453. The molecule has 0 bridgehead atoms. The molecule has 0 atom stereocenters. The van der Waals surface area contributed by atoms with Gasteiger partial charge in [-0.2, -0.15) is 0 Å². The van der Waals surface area contributed by atoms with Gasteiger partial charge in [0, 0.05) is 6.61 Å². The Bertz CT molecular complexity index is 44.1. The first-order valence-electron chi connectivity index (χ1n) is 3.66. The third-order valence-corrected chi connectivity index (χ3v) is 0.770. The second-order valence-corrected chi connectivity index (χ2v) is 1.99. The van der Waals surface area contributed by atoms with Crippen LogP contribution in [-0.4, -0.2) is 28.2 Å². The van der Waals surface area contributed by atoms with E-state index in [1.165, 1.54) is 0 Å². The lowest BCUT2D eigenvalue weighted by Gasteiger charge is -1.94. The van der Waals surface area contributed by atoms with Crippen LogP contribution in [0.25, 0.3) is 0 Å². The van der Waals surface area contributed by atoms with Gasteiger partial charge in [-0.1, -0.05) is 20.3 Å². The summed E-state index contributed by atoms with van der Waals surface area (Å²) in [6, 6.07) is 0. The molecule has 0 aliphatic rings. The highest BCUT2D eigenvalue weighted by molar-refractivity contribution is 4.31. The molecule has 0 aliphatic carbocycles. The van der Waals surface area contributed by atoms with E-state index in [0.717, 1.165) is 12.8 Å². The Morgan fingerprint density at radius 2 is 1.50 bits per heavy atom. The Morgan fingerprint density at radius 3 is 1.50 bits per heavy atom. The van der Waals surface area contributed by atoms with Crippen LogP contribution in [0.5, 0.6) is 0 Å². The molecule has 10 heavy (non-hydrogen) atoms. The van der Waals surface area contributed by atoms with Crippen molar-refractivity contribution in [1.82, 2.24) is 0 Å². The van der Waals surface area contributed by atoms with E-state index >= 15 is 0 Å². The maximum atomic E-state index is 8.11. The zero-order valence-electron chi connectivity index (χ0n) is 6.75. The van der Waals surface area contributed by atoms with Gasteiger partial charge in [-0.25, -0.2) is 0 Å². The summed E-state index contributed by atoms with van der Waals surface area (Å²) in [5.41, 5.74) is 0. The smallest absolute Gasteiger partial charge is 0.151 e. The van der Waals surface area contributed by atoms with E-state index in [0.29, 0.717) is 13.0 Å². The number of hydrogen-bond donors (Lipinski definition) is 3. The van der Waals surface area contributed by atoms with E-state index in [1.807, 2.05) is 13.8 Å². The van der Waals surface area contributed by atoms with Crippen molar-refractivity contribution in [2.75, 3.05) is 6.61 Å². The Morgan fingerprint density at radius 1 is 1.10 bits per heavy atom. The topological polar surface area (TPSA) is 60.7 Å². The van der Waals surface area contributed by atoms with E-state index in [9.17, 15) is 0 Å². The van der Waals surface area contributed by atoms with Crippen LogP contribution in [0.15, 0.2) is 0 Å². The van der Waals surface area contributed by atoms with Crippen molar-refractivity contribution >= 4 is 0 Å². The van der Waals surface area contributed by atoms with Crippen LogP contribution >= 0.6 is 0 Å². The van der Waals surface area contributed by atoms with E-state index in [4.69, 9.17) is 15.3 Å². The minimum absolute atomic E-state index is 0.319. The zero-order chi connectivity index (χ0) is 8.41. The minimum Gasteiger partial charge on any atom is -0.396 e. The molecule has 0 rings (SSSR count). The van der Waals surface area contributed by atoms with Gasteiger partial charge < -0.3 is 15.3 Å². The van der Waals surface area contributed by atoms with Gasteiger partial charge in [0.05, 0.1) is 0 Å². The van der Waals surface area contributed by atoms with Crippen molar-refractivity contribution < 1.29 is 15.3 Å². The maximum Gasteiger partial charge on any atom is 0.151 e. The third-order valence-electron chi connectivity index (χ3n) is 0.770. The summed E-state index contributed by atoms with van der Waals surface area (Å²) in [6.45, 7) is 4.15. The van der Waals surface area contributed by atoms with Crippen molar-refractivity contribution in [2.24, 2.45) is 0 Å². The van der Waals surface area contributed by atoms with Crippen molar-refractivity contribution in [3.05, 3.63) is 0 Å². The fraction of sp³-hybridized carbons (Fsp3) is 1.00. The predicted molar refractivity (Wildman–Crippen MR) is 40.5 cm³/mol. The molecule has 0 fully saturated rings. The molecule has 3 N–H and O–H groups in total. The average molecular weight is 150 g/mol. The van der Waals surface area contributed by atoms with Crippen molar-refractivity contribution in [3.8, 4) is 0 Å². The van der Waals surface area contributed by atoms with Gasteiger partial charge in [0.25, 0.3) is 0 Å². The van der Waals surface area contributed by atoms with Gasteiger partial charge in [-0.05, 0) is 12.8 Å². The third kappa shape index (κ3) is 24.8. The summed E-state index contributed by atoms with van der Waals surface area (Å²) in [5, 5.41) is 24.1. The van der Waals surface area contributed by atoms with Gasteiger partial charge in [-0.15, -0.1) is 0 Å². The molecular formula is C7H18O3. The molecule has 0 aromatic rings. The Balaban J connectivity index is 0. The molecule has 0 amide bonds. The first-order chi connectivity index (χ1) is 4.68. The fourth-order valence-corrected chi connectivity index (χ4v) is 0.258. The monoisotopic (exact) mass is 150 g/mol. The summed E-state index contributed by atoms with van der Waals surface area (Å²) >= 11 is 0. The number of aliphatic hydroxyl groups excluding tert-OH is 2. The molecule has 0 aromatic heterocycles. The van der Waals surface area contributed by atoms with Gasteiger partial charge >= 0.3 is 0 Å². The van der Waals surface area contributed by atoms with E-state index in [-0.39, 0.29) is 0 Å². The molecule has 0 heterocycles. The second kappa shape index (κ2) is 11.6. The Hall–Kier alpha value is -0.120. The molecule has 0 spiro atoms. The molecule has 0 aromatic carbocycles. The summed E-state index contributed by atoms with van der Waals surface area (Å²) in [4.78, 5) is 0. The van der Waals surface area contributed by atoms with Gasteiger partial charge in [0.2, 0.25) is 0 Å². The number of aliphatic hydroxyl groups is 3. The Kier molecular flexibility index (Phi) is 14.6. The van der Waals surface area contributed by atoms with Crippen LogP contribution in [0.2, 0.25) is 0 Å². The highest BCUT2D eigenvalue weighted by Gasteiger charge is 1.89. The van der Waals surface area contributed by atoms with E-state index < -0.39 is 6.29 Å². The van der Waals surface area contributed by atoms with Crippen LogP contribution in [0.4, 0.5) is 0 Å². The van der Waals surface area contributed by atoms with Crippen LogP contribution in [0.1, 0.15) is 33.1 Å². The molecule has 3 nitrogen and oxygen atoms in total. The molecule has 3 heteroatoms. The maximum absolute atomic E-state index is 8.11. The van der Waals surface area contributed by atoms with Gasteiger partial charge in [0.1, 0.15) is 0 Å². The van der Waals surface area contributed by atoms with Gasteiger partial charge in [0.15, 0.2) is 6.29 Å². The first-order valence-corrected chi connectivity index (χ1v) is 3.66. The molecule has 0 aliphatic heterocycles. The zero-order valence-corrected chi connectivity index (χ0v) is 6.75. The van der Waals surface area contributed by atoms with Crippen molar-refractivity contribution in [3.63, 3.8) is 0 Å². The molecule has 0 radical (unpaired) electrons. The lowest BCUT2D eigenvalue weighted by Crippen LogP contribution is -2.01. The van der Waals surface area contributed by atoms with Crippen LogP contribution in [0, 0.1) is 0 Å². The first kappa shape index (κ1) is 12.5. The van der Waals surface area contributed by atoms with E-state index in [2.05, 4.69) is 0 Å². The Labute approximate surface area is 62.3 Å². The molecule has 0 saturated carbocycles. The predicted octanol–water partition coefficient (Wildman–Crippen LogP) is 0.486. The SMILES string of the molecule is CCCC(O)O.CCCO. The summed E-state index contributed by atoms with van der Waals surface area (Å²) in [7, 11) is 0. The van der Waals surface area contributed by atoms with Crippen molar-refractivity contribution in [2.45, 2.75) is 39.4 Å².